The molecule has 10 nitrogen and oxygen atoms in total. The van der Waals surface area contributed by atoms with Crippen molar-refractivity contribution in [2.75, 3.05) is 6.54 Å². The Bertz CT molecular complexity index is 1540. The SMILES string of the molecule is O=C(Cc1[nH]nc2ccccc12)N[C@@H](Cc1ccccc1)C(=O)NCCc1cc(Cl)ccc1-n1cnnn1. The van der Waals surface area contributed by atoms with E-state index in [0.717, 1.165) is 27.7 Å². The first kappa shape index (κ1) is 25.1. The molecule has 3 aromatic carbocycles. The van der Waals surface area contributed by atoms with Crippen LogP contribution in [0.4, 0.5) is 0 Å². The lowest BCUT2D eigenvalue weighted by Crippen LogP contribution is -2.48. The van der Waals surface area contributed by atoms with Gasteiger partial charge in [-0.2, -0.15) is 5.10 Å². The molecular formula is C27H25ClN8O2. The molecule has 2 heterocycles. The first-order valence-corrected chi connectivity index (χ1v) is 12.5. The number of halogens is 1. The van der Waals surface area contributed by atoms with Crippen molar-refractivity contribution in [2.24, 2.45) is 0 Å². The fraction of sp³-hybridized carbons (Fsp3) is 0.185. The Labute approximate surface area is 223 Å². The number of nitrogens with one attached hydrogen (secondary N) is 3. The number of para-hydroxylation sites is 1. The van der Waals surface area contributed by atoms with E-state index < -0.39 is 6.04 Å². The molecule has 38 heavy (non-hydrogen) atoms. The lowest BCUT2D eigenvalue weighted by molar-refractivity contribution is -0.128. The number of nitrogens with zero attached hydrogens (tertiary/aromatic N) is 5. The molecule has 0 saturated carbocycles. The number of hydrogen-bond acceptors (Lipinski definition) is 6. The van der Waals surface area contributed by atoms with Crippen LogP contribution in [0.2, 0.25) is 5.02 Å². The van der Waals surface area contributed by atoms with Crippen molar-refractivity contribution in [1.29, 1.82) is 0 Å². The lowest BCUT2D eigenvalue weighted by atomic mass is 10.0. The number of benzene rings is 3. The number of tetrazole rings is 1. The number of carbonyl (C=O) groups is 2. The van der Waals surface area contributed by atoms with Gasteiger partial charge in [-0.3, -0.25) is 14.7 Å². The van der Waals surface area contributed by atoms with Crippen molar-refractivity contribution >= 4 is 34.3 Å². The monoisotopic (exact) mass is 528 g/mol. The first-order chi connectivity index (χ1) is 18.6. The molecule has 0 radical (unpaired) electrons. The van der Waals surface area contributed by atoms with Crippen molar-refractivity contribution < 1.29 is 9.59 Å². The molecular weight excluding hydrogens is 504 g/mol. The van der Waals surface area contributed by atoms with E-state index in [1.54, 1.807) is 10.7 Å². The van der Waals surface area contributed by atoms with E-state index in [9.17, 15) is 9.59 Å². The van der Waals surface area contributed by atoms with Crippen molar-refractivity contribution in [2.45, 2.75) is 25.3 Å². The van der Waals surface area contributed by atoms with E-state index in [1.165, 1.54) is 6.33 Å². The maximum atomic E-state index is 13.3. The number of H-pyrrole nitrogens is 1. The van der Waals surface area contributed by atoms with Crippen LogP contribution in [0, 0.1) is 0 Å². The van der Waals surface area contributed by atoms with Crippen LogP contribution >= 0.6 is 11.6 Å². The molecule has 0 bridgehead atoms. The van der Waals surface area contributed by atoms with Gasteiger partial charge in [-0.15, -0.1) is 5.10 Å². The van der Waals surface area contributed by atoms with Gasteiger partial charge in [0.2, 0.25) is 11.8 Å². The third-order valence-corrected chi connectivity index (χ3v) is 6.38. The summed E-state index contributed by atoms with van der Waals surface area (Å²) in [5.41, 5.74) is 4.08. The van der Waals surface area contributed by atoms with Gasteiger partial charge in [0, 0.05) is 23.4 Å². The molecule has 0 aliphatic heterocycles. The zero-order valence-electron chi connectivity index (χ0n) is 20.3. The predicted octanol–water partition coefficient (Wildman–Crippen LogP) is 2.82. The molecule has 2 aromatic heterocycles. The van der Waals surface area contributed by atoms with Gasteiger partial charge in [0.25, 0.3) is 0 Å². The second-order valence-electron chi connectivity index (χ2n) is 8.77. The summed E-state index contributed by atoms with van der Waals surface area (Å²) >= 11 is 6.21. The number of aromatic amines is 1. The minimum atomic E-state index is -0.752. The van der Waals surface area contributed by atoms with E-state index in [4.69, 9.17) is 11.6 Å². The van der Waals surface area contributed by atoms with Crippen molar-refractivity contribution in [3.05, 3.63) is 101 Å². The van der Waals surface area contributed by atoms with Crippen LogP contribution in [0.1, 0.15) is 16.8 Å². The van der Waals surface area contributed by atoms with Gasteiger partial charge < -0.3 is 10.6 Å². The van der Waals surface area contributed by atoms with Crippen LogP contribution in [0.15, 0.2) is 79.1 Å². The molecule has 0 fully saturated rings. The summed E-state index contributed by atoms with van der Waals surface area (Å²) in [5, 5.41) is 25.8. The molecule has 0 saturated heterocycles. The van der Waals surface area contributed by atoms with Gasteiger partial charge >= 0.3 is 0 Å². The molecule has 2 amide bonds. The molecule has 0 unspecified atom stereocenters. The van der Waals surface area contributed by atoms with Crippen LogP contribution < -0.4 is 10.6 Å². The first-order valence-electron chi connectivity index (χ1n) is 12.1. The van der Waals surface area contributed by atoms with Crippen molar-refractivity contribution in [3.63, 3.8) is 0 Å². The lowest BCUT2D eigenvalue weighted by Gasteiger charge is -2.19. The summed E-state index contributed by atoms with van der Waals surface area (Å²) in [6, 6.07) is 21.8. The summed E-state index contributed by atoms with van der Waals surface area (Å²) in [6.45, 7) is 0.334. The van der Waals surface area contributed by atoms with E-state index in [-0.39, 0.29) is 18.2 Å². The minimum absolute atomic E-state index is 0.0803. The van der Waals surface area contributed by atoms with Gasteiger partial charge in [-0.05, 0) is 52.2 Å². The summed E-state index contributed by atoms with van der Waals surface area (Å²) < 4.78 is 1.55. The molecule has 192 valence electrons. The molecule has 0 aliphatic rings. The Kier molecular flexibility index (Phi) is 7.70. The largest absolute Gasteiger partial charge is 0.354 e. The van der Waals surface area contributed by atoms with Gasteiger partial charge in [0.05, 0.1) is 23.3 Å². The summed E-state index contributed by atoms with van der Waals surface area (Å²) in [7, 11) is 0. The topological polar surface area (TPSA) is 130 Å². The maximum Gasteiger partial charge on any atom is 0.242 e. The Morgan fingerprint density at radius 3 is 2.66 bits per heavy atom. The summed E-state index contributed by atoms with van der Waals surface area (Å²) in [5.74, 6) is -0.547. The van der Waals surface area contributed by atoms with Crippen molar-refractivity contribution in [3.8, 4) is 5.69 Å². The Morgan fingerprint density at radius 1 is 1.03 bits per heavy atom. The quantitative estimate of drug-likeness (QED) is 0.255. The van der Waals surface area contributed by atoms with Crippen LogP contribution in [-0.4, -0.2) is 54.8 Å². The highest BCUT2D eigenvalue weighted by Gasteiger charge is 2.22. The smallest absolute Gasteiger partial charge is 0.242 e. The Hall–Kier alpha value is -4.57. The van der Waals surface area contributed by atoms with E-state index in [2.05, 4.69) is 36.4 Å². The highest BCUT2D eigenvalue weighted by molar-refractivity contribution is 6.30. The summed E-state index contributed by atoms with van der Waals surface area (Å²) in [6.07, 6.45) is 2.43. The molecule has 0 spiro atoms. The van der Waals surface area contributed by atoms with Gasteiger partial charge in [-0.1, -0.05) is 60.1 Å². The zero-order valence-corrected chi connectivity index (χ0v) is 21.1. The average molecular weight is 529 g/mol. The third kappa shape index (κ3) is 6.04. The van der Waals surface area contributed by atoms with Crippen LogP contribution in [0.25, 0.3) is 16.6 Å². The summed E-state index contributed by atoms with van der Waals surface area (Å²) in [4.78, 5) is 26.3. The minimum Gasteiger partial charge on any atom is -0.354 e. The zero-order chi connectivity index (χ0) is 26.3. The average Bonchev–Trinajstić information content (AvgIpc) is 3.60. The Balaban J connectivity index is 1.26. The number of carbonyl (C=O) groups excluding carboxylic acids is 2. The number of rotatable bonds is 10. The highest BCUT2D eigenvalue weighted by atomic mass is 35.5. The normalized spacial score (nSPS) is 11.8. The standard InChI is InChI=1S/C27H25ClN8O2/c28-20-10-11-25(36-17-30-34-35-36)19(15-20)12-13-29-27(38)24(14-18-6-2-1-3-7-18)31-26(37)16-23-21-8-4-5-9-22(21)32-33-23/h1-11,15,17,24H,12-14,16H2,(H,29,38)(H,31,37)(H,32,33)/t24-/m0/s1. The van der Waals surface area contributed by atoms with Crippen molar-refractivity contribution in [1.82, 2.24) is 41.0 Å². The fourth-order valence-electron chi connectivity index (χ4n) is 4.31. The molecule has 3 N–H and O–H groups in total. The van der Waals surface area contributed by atoms with Crippen LogP contribution in [-0.2, 0) is 28.9 Å². The molecule has 1 atom stereocenters. The fourth-order valence-corrected chi connectivity index (χ4v) is 4.50. The van der Waals surface area contributed by atoms with E-state index >= 15 is 0 Å². The van der Waals surface area contributed by atoms with Gasteiger partial charge in [0.15, 0.2) is 0 Å². The third-order valence-electron chi connectivity index (χ3n) is 6.14. The second-order valence-corrected chi connectivity index (χ2v) is 9.21. The van der Waals surface area contributed by atoms with E-state index in [0.29, 0.717) is 30.1 Å². The number of fused-ring (bicyclic) bond motifs is 1. The van der Waals surface area contributed by atoms with Gasteiger partial charge in [-0.25, -0.2) is 4.68 Å². The van der Waals surface area contributed by atoms with Crippen LogP contribution in [0.3, 0.4) is 0 Å². The highest BCUT2D eigenvalue weighted by Crippen LogP contribution is 2.19. The molecule has 5 rings (SSSR count). The number of amides is 2. The maximum absolute atomic E-state index is 13.3. The molecule has 5 aromatic rings. The second kappa shape index (κ2) is 11.7. The molecule has 0 aliphatic carbocycles. The number of aromatic nitrogens is 6. The number of hydrogen-bond donors (Lipinski definition) is 3. The molecule has 11 heteroatoms. The van der Waals surface area contributed by atoms with Crippen LogP contribution in [0.5, 0.6) is 0 Å². The predicted molar refractivity (Wildman–Crippen MR) is 143 cm³/mol. The van der Waals surface area contributed by atoms with Gasteiger partial charge in [0.1, 0.15) is 12.4 Å². The van der Waals surface area contributed by atoms with E-state index in [1.807, 2.05) is 66.7 Å². The Morgan fingerprint density at radius 2 is 1.84 bits per heavy atom.